The summed E-state index contributed by atoms with van der Waals surface area (Å²) in [7, 11) is 0. The first-order valence-corrected chi connectivity index (χ1v) is 7.23. The smallest absolute Gasteiger partial charge is 0.122 e. The van der Waals surface area contributed by atoms with Gasteiger partial charge in [0.25, 0.3) is 0 Å². The number of hydrogen-bond acceptors (Lipinski definition) is 1. The lowest BCUT2D eigenvalue weighted by atomic mass is 9.95. The first-order valence-electron chi connectivity index (χ1n) is 5.30. The fourth-order valence-corrected chi connectivity index (χ4v) is 4.30. The van der Waals surface area contributed by atoms with Gasteiger partial charge in [-0.15, -0.1) is 0 Å². The van der Waals surface area contributed by atoms with Crippen LogP contribution in [-0.2, 0) is 0 Å². The molecule has 1 saturated carbocycles. The third kappa shape index (κ3) is 3.50. The van der Waals surface area contributed by atoms with E-state index in [2.05, 4.69) is 65.9 Å². The third-order valence-electron chi connectivity index (χ3n) is 2.72. The number of amidine groups is 1. The minimum atomic E-state index is 0.533. The van der Waals surface area contributed by atoms with Gasteiger partial charge in [-0.1, -0.05) is 33.1 Å². The van der Waals surface area contributed by atoms with Crippen LogP contribution in [0.2, 0.25) is 0 Å². The van der Waals surface area contributed by atoms with Gasteiger partial charge in [0, 0.05) is 12.0 Å². The van der Waals surface area contributed by atoms with Crippen molar-refractivity contribution in [1.29, 1.82) is 0 Å². The van der Waals surface area contributed by atoms with Crippen LogP contribution in [0.5, 0.6) is 0 Å². The molecule has 0 aromatic carbocycles. The molecule has 0 amide bonds. The van der Waals surface area contributed by atoms with Crippen LogP contribution < -0.4 is 0 Å². The second-order valence-corrected chi connectivity index (χ2v) is 5.72. The lowest BCUT2D eigenvalue weighted by Gasteiger charge is -2.32. The van der Waals surface area contributed by atoms with Gasteiger partial charge < -0.3 is 0 Å². The van der Waals surface area contributed by atoms with E-state index in [-0.39, 0.29) is 0 Å². The standard InChI is InChI=1S/C10H18I2N2/c1-8(2)10(13-11)14(12)9-6-4-3-5-7-9/h8-9H,3-7H2,1-2H3. The first-order chi connectivity index (χ1) is 6.66. The van der Waals surface area contributed by atoms with Gasteiger partial charge in [-0.3, -0.25) is 3.11 Å². The number of halogens is 2. The molecule has 0 bridgehead atoms. The average molecular weight is 420 g/mol. The second-order valence-electron chi connectivity index (χ2n) is 4.20. The monoisotopic (exact) mass is 420 g/mol. The maximum absolute atomic E-state index is 4.37. The molecule has 0 radical (unpaired) electrons. The predicted molar refractivity (Wildman–Crippen MR) is 79.0 cm³/mol. The molecule has 0 aliphatic heterocycles. The Hall–Kier alpha value is 0.930. The van der Waals surface area contributed by atoms with Gasteiger partial charge in [0.2, 0.25) is 0 Å². The molecule has 0 spiro atoms. The zero-order chi connectivity index (χ0) is 10.6. The van der Waals surface area contributed by atoms with E-state index in [1.807, 2.05) is 0 Å². The fourth-order valence-electron chi connectivity index (χ4n) is 1.88. The molecule has 2 nitrogen and oxygen atoms in total. The van der Waals surface area contributed by atoms with Crippen molar-refractivity contribution in [3.63, 3.8) is 0 Å². The van der Waals surface area contributed by atoms with Crippen molar-refractivity contribution in [1.82, 2.24) is 3.11 Å². The highest BCUT2D eigenvalue weighted by Crippen LogP contribution is 2.27. The van der Waals surface area contributed by atoms with Crippen molar-refractivity contribution in [3.8, 4) is 0 Å². The van der Waals surface area contributed by atoms with Crippen LogP contribution in [0.3, 0.4) is 0 Å². The number of rotatable bonds is 2. The molecule has 0 heterocycles. The molecule has 0 atom stereocenters. The molecule has 0 saturated heterocycles. The molecule has 0 aromatic rings. The second kappa shape index (κ2) is 6.50. The van der Waals surface area contributed by atoms with Crippen molar-refractivity contribution in [3.05, 3.63) is 0 Å². The molecule has 4 heteroatoms. The average Bonchev–Trinajstić information content (AvgIpc) is 2.19. The van der Waals surface area contributed by atoms with Gasteiger partial charge in [-0.05, 0) is 12.8 Å². The Labute approximate surface area is 115 Å². The normalized spacial score (nSPS) is 20.2. The summed E-state index contributed by atoms with van der Waals surface area (Å²) in [6, 6.07) is 0.722. The van der Waals surface area contributed by atoms with Gasteiger partial charge >= 0.3 is 0 Å². The van der Waals surface area contributed by atoms with E-state index in [0.29, 0.717) is 5.92 Å². The van der Waals surface area contributed by atoms with Crippen molar-refractivity contribution in [2.75, 3.05) is 0 Å². The van der Waals surface area contributed by atoms with E-state index in [1.54, 1.807) is 0 Å². The summed E-state index contributed by atoms with van der Waals surface area (Å²) in [5, 5.41) is 0. The van der Waals surface area contributed by atoms with Crippen LogP contribution in [0.25, 0.3) is 0 Å². The Balaban J connectivity index is 2.57. The van der Waals surface area contributed by atoms with Gasteiger partial charge in [-0.25, -0.2) is 3.21 Å². The van der Waals surface area contributed by atoms with E-state index in [0.717, 1.165) is 6.04 Å². The topological polar surface area (TPSA) is 15.6 Å². The van der Waals surface area contributed by atoms with Crippen LogP contribution in [0, 0.1) is 5.92 Å². The van der Waals surface area contributed by atoms with Crippen LogP contribution in [0.4, 0.5) is 0 Å². The fraction of sp³-hybridized carbons (Fsp3) is 0.900. The van der Waals surface area contributed by atoms with Crippen LogP contribution in [0.15, 0.2) is 3.21 Å². The minimum absolute atomic E-state index is 0.533. The Morgan fingerprint density at radius 3 is 2.29 bits per heavy atom. The zero-order valence-corrected chi connectivity index (χ0v) is 13.2. The van der Waals surface area contributed by atoms with E-state index in [4.69, 9.17) is 0 Å². The molecule has 1 aliphatic carbocycles. The molecule has 82 valence electrons. The van der Waals surface area contributed by atoms with E-state index >= 15 is 0 Å². The highest BCUT2D eigenvalue weighted by atomic mass is 127. The number of nitrogens with zero attached hydrogens (tertiary/aromatic N) is 2. The largest absolute Gasteiger partial charge is 0.299 e. The lowest BCUT2D eigenvalue weighted by Crippen LogP contribution is -2.36. The minimum Gasteiger partial charge on any atom is -0.299 e. The maximum atomic E-state index is 4.37. The van der Waals surface area contributed by atoms with Crippen molar-refractivity contribution < 1.29 is 0 Å². The van der Waals surface area contributed by atoms with Gasteiger partial charge in [-0.2, -0.15) is 0 Å². The summed E-state index contributed by atoms with van der Waals surface area (Å²) in [6.45, 7) is 4.43. The Kier molecular flexibility index (Phi) is 6.03. The van der Waals surface area contributed by atoms with Crippen LogP contribution in [-0.4, -0.2) is 15.0 Å². The third-order valence-corrected chi connectivity index (χ3v) is 4.49. The summed E-state index contributed by atoms with van der Waals surface area (Å²) in [4.78, 5) is 0. The highest BCUT2D eigenvalue weighted by Gasteiger charge is 2.23. The summed E-state index contributed by atoms with van der Waals surface area (Å²) >= 11 is 4.55. The Morgan fingerprint density at radius 1 is 1.29 bits per heavy atom. The maximum Gasteiger partial charge on any atom is 0.122 e. The summed E-state index contributed by atoms with van der Waals surface area (Å²) in [5.74, 6) is 1.77. The molecule has 14 heavy (non-hydrogen) atoms. The van der Waals surface area contributed by atoms with Crippen molar-refractivity contribution >= 4 is 51.6 Å². The Bertz CT molecular complexity index is 198. The summed E-state index contributed by atoms with van der Waals surface area (Å²) in [6.07, 6.45) is 6.86. The molecule has 1 aliphatic rings. The quantitative estimate of drug-likeness (QED) is 0.281. The molecule has 0 N–H and O–H groups in total. The SMILES string of the molecule is CC(C)C(=NI)N(I)C1CCCCC1. The highest BCUT2D eigenvalue weighted by molar-refractivity contribution is 14.1. The van der Waals surface area contributed by atoms with Gasteiger partial charge in [0.05, 0.1) is 45.7 Å². The molecule has 1 fully saturated rings. The molecule has 1 rings (SSSR count). The van der Waals surface area contributed by atoms with Gasteiger partial charge in [0.1, 0.15) is 5.84 Å². The lowest BCUT2D eigenvalue weighted by molar-refractivity contribution is 0.352. The van der Waals surface area contributed by atoms with Crippen LogP contribution in [0.1, 0.15) is 46.0 Å². The van der Waals surface area contributed by atoms with E-state index in [9.17, 15) is 0 Å². The summed E-state index contributed by atoms with van der Waals surface area (Å²) in [5.41, 5.74) is 0. The van der Waals surface area contributed by atoms with Crippen molar-refractivity contribution in [2.24, 2.45) is 9.12 Å². The van der Waals surface area contributed by atoms with E-state index in [1.165, 1.54) is 37.9 Å². The molecule has 0 unspecified atom stereocenters. The zero-order valence-electron chi connectivity index (χ0n) is 8.84. The Morgan fingerprint density at radius 2 is 1.86 bits per heavy atom. The summed E-state index contributed by atoms with van der Waals surface area (Å²) < 4.78 is 6.74. The first kappa shape index (κ1) is 13.0. The van der Waals surface area contributed by atoms with E-state index < -0.39 is 0 Å². The molecular formula is C10H18I2N2. The van der Waals surface area contributed by atoms with Crippen LogP contribution >= 0.6 is 45.7 Å². The number of hydrogen-bond donors (Lipinski definition) is 0. The van der Waals surface area contributed by atoms with Gasteiger partial charge in [0.15, 0.2) is 0 Å². The molecular weight excluding hydrogens is 402 g/mol. The molecule has 0 aromatic heterocycles. The predicted octanol–water partition coefficient (Wildman–Crippen LogP) is 4.38. The van der Waals surface area contributed by atoms with Crippen molar-refractivity contribution in [2.45, 2.75) is 52.0 Å².